The minimum atomic E-state index is 0.226. The molecule has 2 aliphatic heterocycles. The van der Waals surface area contributed by atoms with E-state index in [0.29, 0.717) is 29.4 Å². The van der Waals surface area contributed by atoms with Crippen molar-refractivity contribution in [1.82, 2.24) is 0 Å². The van der Waals surface area contributed by atoms with Crippen molar-refractivity contribution in [3.8, 4) is 23.3 Å². The van der Waals surface area contributed by atoms with Crippen molar-refractivity contribution in [3.05, 3.63) is 23.3 Å². The third-order valence-electron chi connectivity index (χ3n) is 2.37. The zero-order valence-corrected chi connectivity index (χ0v) is 7.82. The van der Waals surface area contributed by atoms with Crippen LogP contribution in [0.5, 0.6) is 17.2 Å². The lowest BCUT2D eigenvalue weighted by atomic mass is 10.1. The minimum absolute atomic E-state index is 0.226. The summed E-state index contributed by atoms with van der Waals surface area (Å²) in [5, 5.41) is 8.76. The molecule has 1 aromatic rings. The Morgan fingerprint density at radius 1 is 1.13 bits per heavy atom. The molecule has 1 aromatic carbocycles. The van der Waals surface area contributed by atoms with Gasteiger partial charge in [0, 0.05) is 5.56 Å². The van der Waals surface area contributed by atoms with Crippen LogP contribution in [-0.4, -0.2) is 13.4 Å². The van der Waals surface area contributed by atoms with Gasteiger partial charge in [0.05, 0.1) is 11.6 Å². The first-order valence-corrected chi connectivity index (χ1v) is 4.54. The van der Waals surface area contributed by atoms with Crippen molar-refractivity contribution in [2.75, 3.05) is 13.4 Å². The quantitative estimate of drug-likeness (QED) is 0.641. The second kappa shape index (κ2) is 2.92. The summed E-state index contributed by atoms with van der Waals surface area (Å²) >= 11 is 0. The molecule has 0 atom stereocenters. The molecule has 0 saturated carbocycles. The van der Waals surface area contributed by atoms with Crippen molar-refractivity contribution in [1.29, 1.82) is 5.26 Å². The van der Waals surface area contributed by atoms with Gasteiger partial charge < -0.3 is 14.2 Å². The summed E-state index contributed by atoms with van der Waals surface area (Å²) < 4.78 is 16.0. The van der Waals surface area contributed by atoms with E-state index < -0.39 is 0 Å². The largest absolute Gasteiger partial charge is 0.483 e. The standard InChI is InChI=1S/C11H7NO3/c12-4-7-3-8-1-2-9-11(15-6-14-9)10(8)13-5-7/h1-3H,5-6H2. The Hall–Kier alpha value is -2.15. The molecule has 0 aliphatic carbocycles. The number of benzene rings is 1. The van der Waals surface area contributed by atoms with Crippen molar-refractivity contribution in [3.63, 3.8) is 0 Å². The summed E-state index contributed by atoms with van der Waals surface area (Å²) in [4.78, 5) is 0. The van der Waals surface area contributed by atoms with Gasteiger partial charge in [0.15, 0.2) is 11.5 Å². The molecule has 3 rings (SSSR count). The maximum Gasteiger partial charge on any atom is 0.231 e. The topological polar surface area (TPSA) is 51.5 Å². The van der Waals surface area contributed by atoms with Gasteiger partial charge in [0.1, 0.15) is 6.61 Å². The van der Waals surface area contributed by atoms with Gasteiger partial charge in [0.25, 0.3) is 0 Å². The molecular formula is C11H7NO3. The molecular weight excluding hydrogens is 194 g/mol. The fourth-order valence-corrected chi connectivity index (χ4v) is 1.67. The monoisotopic (exact) mass is 201 g/mol. The van der Waals surface area contributed by atoms with Gasteiger partial charge >= 0.3 is 0 Å². The first-order chi connectivity index (χ1) is 7.38. The molecule has 74 valence electrons. The smallest absolute Gasteiger partial charge is 0.231 e. The van der Waals surface area contributed by atoms with Gasteiger partial charge in [-0.1, -0.05) is 0 Å². The maximum atomic E-state index is 8.76. The van der Waals surface area contributed by atoms with Crippen LogP contribution in [0.1, 0.15) is 5.56 Å². The maximum absolute atomic E-state index is 8.76. The highest BCUT2D eigenvalue weighted by atomic mass is 16.7. The summed E-state index contributed by atoms with van der Waals surface area (Å²) in [6.07, 6.45) is 1.81. The summed E-state index contributed by atoms with van der Waals surface area (Å²) in [6, 6.07) is 5.76. The van der Waals surface area contributed by atoms with E-state index in [9.17, 15) is 0 Å². The number of hydrogen-bond donors (Lipinski definition) is 0. The molecule has 15 heavy (non-hydrogen) atoms. The van der Waals surface area contributed by atoms with E-state index in [-0.39, 0.29) is 6.79 Å². The average molecular weight is 201 g/mol. The number of nitriles is 1. The molecule has 0 unspecified atom stereocenters. The molecule has 0 spiro atoms. The number of fused-ring (bicyclic) bond motifs is 3. The Morgan fingerprint density at radius 3 is 2.93 bits per heavy atom. The van der Waals surface area contributed by atoms with Crippen LogP contribution in [-0.2, 0) is 0 Å². The Balaban J connectivity index is 2.17. The second-order valence-electron chi connectivity index (χ2n) is 3.29. The SMILES string of the molecule is N#CC1=Cc2ccc3c(c2OC1)OCO3. The molecule has 0 aromatic heterocycles. The molecule has 0 amide bonds. The summed E-state index contributed by atoms with van der Waals surface area (Å²) in [6.45, 7) is 0.521. The van der Waals surface area contributed by atoms with Gasteiger partial charge in [-0.2, -0.15) is 5.26 Å². The van der Waals surface area contributed by atoms with Crippen molar-refractivity contribution in [2.45, 2.75) is 0 Å². The number of rotatable bonds is 0. The highest BCUT2D eigenvalue weighted by Crippen LogP contribution is 2.45. The van der Waals surface area contributed by atoms with Crippen LogP contribution < -0.4 is 14.2 Å². The van der Waals surface area contributed by atoms with Gasteiger partial charge in [-0.25, -0.2) is 0 Å². The number of ether oxygens (including phenoxy) is 3. The lowest BCUT2D eigenvalue weighted by Gasteiger charge is -2.15. The summed E-state index contributed by atoms with van der Waals surface area (Å²) in [5.74, 6) is 2.01. The first kappa shape index (κ1) is 8.18. The molecule has 0 bridgehead atoms. The van der Waals surface area contributed by atoms with Gasteiger partial charge in [-0.3, -0.25) is 0 Å². The summed E-state index contributed by atoms with van der Waals surface area (Å²) in [5.41, 5.74) is 1.48. The van der Waals surface area contributed by atoms with Gasteiger partial charge in [-0.15, -0.1) is 0 Å². The van der Waals surface area contributed by atoms with E-state index in [1.165, 1.54) is 0 Å². The molecule has 4 nitrogen and oxygen atoms in total. The average Bonchev–Trinajstić information content (AvgIpc) is 2.76. The number of nitrogens with zero attached hydrogens (tertiary/aromatic N) is 1. The van der Waals surface area contributed by atoms with Crippen molar-refractivity contribution < 1.29 is 14.2 Å². The van der Waals surface area contributed by atoms with E-state index >= 15 is 0 Å². The number of hydrogen-bond acceptors (Lipinski definition) is 4. The molecule has 4 heteroatoms. The predicted octanol–water partition coefficient (Wildman–Crippen LogP) is 1.71. The predicted molar refractivity (Wildman–Crippen MR) is 51.7 cm³/mol. The highest BCUT2D eigenvalue weighted by molar-refractivity contribution is 5.71. The Kier molecular flexibility index (Phi) is 1.59. The molecule has 2 heterocycles. The van der Waals surface area contributed by atoms with E-state index in [2.05, 4.69) is 6.07 Å². The minimum Gasteiger partial charge on any atom is -0.483 e. The lowest BCUT2D eigenvalue weighted by Crippen LogP contribution is -2.06. The van der Waals surface area contributed by atoms with E-state index in [0.717, 1.165) is 5.56 Å². The third-order valence-corrected chi connectivity index (χ3v) is 2.37. The molecule has 0 fully saturated rings. The zero-order chi connectivity index (χ0) is 10.3. The highest BCUT2D eigenvalue weighted by Gasteiger charge is 2.24. The molecule has 2 aliphatic rings. The van der Waals surface area contributed by atoms with Crippen LogP contribution in [0, 0.1) is 11.3 Å². The molecule has 0 saturated heterocycles. The van der Waals surface area contributed by atoms with Crippen LogP contribution in [0.2, 0.25) is 0 Å². The van der Waals surface area contributed by atoms with Gasteiger partial charge in [0.2, 0.25) is 12.5 Å². The first-order valence-electron chi connectivity index (χ1n) is 4.54. The Bertz CT molecular complexity index is 499. The van der Waals surface area contributed by atoms with E-state index in [4.69, 9.17) is 19.5 Å². The molecule has 0 radical (unpaired) electrons. The van der Waals surface area contributed by atoms with Crippen LogP contribution in [0.4, 0.5) is 0 Å². The van der Waals surface area contributed by atoms with Gasteiger partial charge in [-0.05, 0) is 18.2 Å². The summed E-state index contributed by atoms with van der Waals surface area (Å²) in [7, 11) is 0. The van der Waals surface area contributed by atoms with Crippen LogP contribution in [0.15, 0.2) is 17.7 Å². The fourth-order valence-electron chi connectivity index (χ4n) is 1.67. The zero-order valence-electron chi connectivity index (χ0n) is 7.82. The molecule has 0 N–H and O–H groups in total. The third kappa shape index (κ3) is 1.13. The van der Waals surface area contributed by atoms with E-state index in [1.54, 1.807) is 6.08 Å². The van der Waals surface area contributed by atoms with Crippen molar-refractivity contribution >= 4 is 6.08 Å². The Labute approximate surface area is 86.3 Å². The Morgan fingerprint density at radius 2 is 2.07 bits per heavy atom. The van der Waals surface area contributed by atoms with Crippen molar-refractivity contribution in [2.24, 2.45) is 0 Å². The normalized spacial score (nSPS) is 16.1. The second-order valence-corrected chi connectivity index (χ2v) is 3.29. The van der Waals surface area contributed by atoms with E-state index in [1.807, 2.05) is 12.1 Å². The fraction of sp³-hybridized carbons (Fsp3) is 0.182. The lowest BCUT2D eigenvalue weighted by molar-refractivity contribution is 0.170. The van der Waals surface area contributed by atoms with Crippen LogP contribution in [0.25, 0.3) is 6.08 Å². The van der Waals surface area contributed by atoms with Crippen LogP contribution in [0.3, 0.4) is 0 Å². The van der Waals surface area contributed by atoms with Crippen LogP contribution >= 0.6 is 0 Å².